The lowest BCUT2D eigenvalue weighted by Gasteiger charge is -2.35. The van der Waals surface area contributed by atoms with Gasteiger partial charge in [-0.3, -0.25) is 14.5 Å². The summed E-state index contributed by atoms with van der Waals surface area (Å²) in [6, 6.07) is 22.6. The number of nitrogens with zero attached hydrogens (tertiary/aromatic N) is 3. The number of carbonyl (C=O) groups is 2. The van der Waals surface area contributed by atoms with Gasteiger partial charge in [0.2, 0.25) is 5.91 Å². The number of carbonyl (C=O) groups excluding carboxylic acids is 2. The van der Waals surface area contributed by atoms with Gasteiger partial charge in [0.25, 0.3) is 5.91 Å². The molecule has 3 aromatic carbocycles. The van der Waals surface area contributed by atoms with Crippen LogP contribution in [-0.4, -0.2) is 61.4 Å². The molecule has 1 saturated heterocycles. The number of benzene rings is 3. The first-order valence-corrected chi connectivity index (χ1v) is 13.1. The fourth-order valence-electron chi connectivity index (χ4n) is 5.24. The van der Waals surface area contributed by atoms with Crippen molar-refractivity contribution >= 4 is 17.5 Å². The van der Waals surface area contributed by atoms with Gasteiger partial charge in [0.15, 0.2) is 6.61 Å². The van der Waals surface area contributed by atoms with Crippen LogP contribution in [0, 0.1) is 13.8 Å². The molecule has 1 atom stereocenters. The Balaban J connectivity index is 1.39. The van der Waals surface area contributed by atoms with Gasteiger partial charge < -0.3 is 14.5 Å². The molecule has 0 aliphatic carbocycles. The third-order valence-electron chi connectivity index (χ3n) is 7.70. The van der Waals surface area contributed by atoms with Crippen molar-refractivity contribution in [1.29, 1.82) is 0 Å². The summed E-state index contributed by atoms with van der Waals surface area (Å²) in [5.41, 5.74) is 6.26. The minimum atomic E-state index is -0.194. The Morgan fingerprint density at radius 1 is 0.946 bits per heavy atom. The SMILES string of the molecule is Cc1cc2c(cc1C)N(CC(=O)N(C)C(CN1CCCC1)c1ccc(-c3ccccc3)cc1)C(=O)CO2. The van der Waals surface area contributed by atoms with Crippen molar-refractivity contribution in [3.8, 4) is 16.9 Å². The molecule has 0 aromatic heterocycles. The number of rotatable bonds is 7. The fraction of sp³-hybridized carbons (Fsp3) is 0.355. The van der Waals surface area contributed by atoms with Crippen molar-refractivity contribution in [2.75, 3.05) is 44.7 Å². The second-order valence-electron chi connectivity index (χ2n) is 10.2. The van der Waals surface area contributed by atoms with E-state index in [1.807, 2.05) is 56.1 Å². The van der Waals surface area contributed by atoms with Gasteiger partial charge in [-0.2, -0.15) is 0 Å². The summed E-state index contributed by atoms with van der Waals surface area (Å²) in [5, 5.41) is 0. The average molecular weight is 498 g/mol. The zero-order valence-electron chi connectivity index (χ0n) is 21.9. The Labute approximate surface area is 219 Å². The summed E-state index contributed by atoms with van der Waals surface area (Å²) in [6.07, 6.45) is 2.38. The Morgan fingerprint density at radius 2 is 1.59 bits per heavy atom. The molecule has 0 N–H and O–H groups in total. The molecule has 0 saturated carbocycles. The zero-order valence-corrected chi connectivity index (χ0v) is 21.9. The third kappa shape index (κ3) is 5.39. The molecule has 2 amide bonds. The normalized spacial score (nSPS) is 16.3. The Morgan fingerprint density at radius 3 is 2.30 bits per heavy atom. The molecular formula is C31H35N3O3. The van der Waals surface area contributed by atoms with Crippen LogP contribution in [0.1, 0.15) is 35.6 Å². The molecule has 1 unspecified atom stereocenters. The lowest BCUT2D eigenvalue weighted by molar-refractivity contribution is -0.133. The minimum absolute atomic E-state index is 0.00715. The predicted octanol–water partition coefficient (Wildman–Crippen LogP) is 4.99. The smallest absolute Gasteiger partial charge is 0.265 e. The van der Waals surface area contributed by atoms with Crippen LogP contribution in [0.5, 0.6) is 5.75 Å². The van der Waals surface area contributed by atoms with Crippen LogP contribution in [0.4, 0.5) is 5.69 Å². The number of likely N-dealkylation sites (tertiary alicyclic amines) is 1. The summed E-state index contributed by atoms with van der Waals surface area (Å²) in [4.78, 5) is 32.3. The van der Waals surface area contributed by atoms with E-state index in [2.05, 4.69) is 41.3 Å². The summed E-state index contributed by atoms with van der Waals surface area (Å²) in [7, 11) is 1.86. The van der Waals surface area contributed by atoms with Crippen molar-refractivity contribution in [3.63, 3.8) is 0 Å². The summed E-state index contributed by atoms with van der Waals surface area (Å²) >= 11 is 0. The zero-order chi connectivity index (χ0) is 25.9. The molecule has 192 valence electrons. The second-order valence-corrected chi connectivity index (χ2v) is 10.2. The van der Waals surface area contributed by atoms with Crippen LogP contribution in [0.25, 0.3) is 11.1 Å². The second kappa shape index (κ2) is 10.8. The van der Waals surface area contributed by atoms with Crippen LogP contribution in [0.3, 0.4) is 0 Å². The van der Waals surface area contributed by atoms with Crippen LogP contribution in [0.2, 0.25) is 0 Å². The molecule has 2 aliphatic rings. The van der Waals surface area contributed by atoms with Crippen molar-refractivity contribution < 1.29 is 14.3 Å². The monoisotopic (exact) mass is 497 g/mol. The molecule has 37 heavy (non-hydrogen) atoms. The Hall–Kier alpha value is -3.64. The van der Waals surface area contributed by atoms with E-state index in [9.17, 15) is 9.59 Å². The highest BCUT2D eigenvalue weighted by atomic mass is 16.5. The van der Waals surface area contributed by atoms with E-state index in [0.29, 0.717) is 11.4 Å². The third-order valence-corrected chi connectivity index (χ3v) is 7.70. The number of ether oxygens (including phenoxy) is 1. The van der Waals surface area contributed by atoms with Crippen LogP contribution in [-0.2, 0) is 9.59 Å². The van der Waals surface area contributed by atoms with Crippen LogP contribution in [0.15, 0.2) is 66.7 Å². The number of likely N-dealkylation sites (N-methyl/N-ethyl adjacent to an activating group) is 1. The molecule has 3 aromatic rings. The van der Waals surface area contributed by atoms with Gasteiger partial charge in [-0.25, -0.2) is 0 Å². The quantitative estimate of drug-likeness (QED) is 0.462. The number of amides is 2. The lowest BCUT2D eigenvalue weighted by atomic mass is 9.99. The first kappa shape index (κ1) is 25.0. The molecular weight excluding hydrogens is 462 g/mol. The number of anilines is 1. The van der Waals surface area contributed by atoms with Gasteiger partial charge in [-0.15, -0.1) is 0 Å². The van der Waals surface area contributed by atoms with Gasteiger partial charge in [-0.1, -0.05) is 54.6 Å². The largest absolute Gasteiger partial charge is 0.482 e. The first-order chi connectivity index (χ1) is 17.9. The number of hydrogen-bond acceptors (Lipinski definition) is 4. The topological polar surface area (TPSA) is 53.1 Å². The maximum Gasteiger partial charge on any atom is 0.265 e. The van der Waals surface area contributed by atoms with Crippen LogP contribution < -0.4 is 9.64 Å². The summed E-state index contributed by atoms with van der Waals surface area (Å²) < 4.78 is 5.67. The van der Waals surface area contributed by atoms with Gasteiger partial charge in [0.1, 0.15) is 12.3 Å². The van der Waals surface area contributed by atoms with Gasteiger partial charge in [0.05, 0.1) is 11.7 Å². The van der Waals surface area contributed by atoms with Crippen molar-refractivity contribution in [2.45, 2.75) is 32.7 Å². The van der Waals surface area contributed by atoms with Crippen molar-refractivity contribution in [3.05, 3.63) is 83.4 Å². The van der Waals surface area contributed by atoms with E-state index in [0.717, 1.165) is 41.9 Å². The maximum atomic E-state index is 13.7. The van der Waals surface area contributed by atoms with E-state index < -0.39 is 0 Å². The molecule has 6 nitrogen and oxygen atoms in total. The average Bonchev–Trinajstić information content (AvgIpc) is 3.44. The highest BCUT2D eigenvalue weighted by Gasteiger charge is 2.31. The Kier molecular flexibility index (Phi) is 7.28. The van der Waals surface area contributed by atoms with E-state index in [4.69, 9.17) is 4.74 Å². The van der Waals surface area contributed by atoms with Crippen molar-refractivity contribution in [1.82, 2.24) is 9.80 Å². The molecule has 0 radical (unpaired) electrons. The van der Waals surface area contributed by atoms with Gasteiger partial charge in [-0.05, 0) is 79.7 Å². The molecule has 0 spiro atoms. The molecule has 1 fully saturated rings. The predicted molar refractivity (Wildman–Crippen MR) is 147 cm³/mol. The van der Waals surface area contributed by atoms with Crippen molar-refractivity contribution in [2.24, 2.45) is 0 Å². The first-order valence-electron chi connectivity index (χ1n) is 13.1. The van der Waals surface area contributed by atoms with Crippen LogP contribution >= 0.6 is 0 Å². The standard InChI is InChI=1S/C31H35N3O3/c1-22-17-27-29(18-23(22)2)37-21-31(36)34(27)20-30(35)32(3)28(19-33-15-7-8-16-33)26-13-11-25(12-14-26)24-9-5-4-6-10-24/h4-6,9-14,17-18,28H,7-8,15-16,19-21H2,1-3H3. The molecule has 2 aliphatic heterocycles. The molecule has 6 heteroatoms. The lowest BCUT2D eigenvalue weighted by Crippen LogP contribution is -2.47. The minimum Gasteiger partial charge on any atom is -0.482 e. The summed E-state index contributed by atoms with van der Waals surface area (Å²) in [5.74, 6) is 0.375. The maximum absolute atomic E-state index is 13.7. The molecule has 2 heterocycles. The molecule has 5 rings (SSSR count). The Bertz CT molecular complexity index is 1270. The summed E-state index contributed by atoms with van der Waals surface area (Å²) in [6.45, 7) is 6.84. The molecule has 0 bridgehead atoms. The number of hydrogen-bond donors (Lipinski definition) is 0. The highest BCUT2D eigenvalue weighted by molar-refractivity contribution is 6.02. The number of fused-ring (bicyclic) bond motifs is 1. The van der Waals surface area contributed by atoms with E-state index in [1.54, 1.807) is 4.90 Å². The van der Waals surface area contributed by atoms with Gasteiger partial charge >= 0.3 is 0 Å². The fourth-order valence-corrected chi connectivity index (χ4v) is 5.24. The van der Waals surface area contributed by atoms with Gasteiger partial charge in [0, 0.05) is 13.6 Å². The van der Waals surface area contributed by atoms with E-state index >= 15 is 0 Å². The highest BCUT2D eigenvalue weighted by Crippen LogP contribution is 2.35. The van der Waals surface area contributed by atoms with E-state index in [1.165, 1.54) is 18.4 Å². The van der Waals surface area contributed by atoms with E-state index in [-0.39, 0.29) is 31.0 Å². The number of aryl methyl sites for hydroxylation is 2.